The minimum atomic E-state index is 0.210. The van der Waals surface area contributed by atoms with Crippen LogP contribution in [-0.2, 0) is 0 Å². The zero-order chi connectivity index (χ0) is 10.1. The van der Waals surface area contributed by atoms with E-state index in [9.17, 15) is 0 Å². The second-order valence-electron chi connectivity index (χ2n) is 2.52. The number of halogens is 3. The highest BCUT2D eigenvalue weighted by molar-refractivity contribution is 6.42. The highest BCUT2D eigenvalue weighted by Crippen LogP contribution is 2.27. The Kier molecular flexibility index (Phi) is 2.63. The fraction of sp³-hybridized carbons (Fsp3) is 0. The summed E-state index contributed by atoms with van der Waals surface area (Å²) in [5.41, 5.74) is 0. The van der Waals surface area contributed by atoms with Crippen molar-refractivity contribution in [3.05, 3.63) is 39.7 Å². The second-order valence-corrected chi connectivity index (χ2v) is 3.69. The van der Waals surface area contributed by atoms with Crippen LogP contribution in [0.2, 0.25) is 15.2 Å². The lowest BCUT2D eigenvalue weighted by atomic mass is 10.4. The van der Waals surface area contributed by atoms with Crippen molar-refractivity contribution in [2.45, 2.75) is 0 Å². The van der Waals surface area contributed by atoms with Crippen LogP contribution >= 0.6 is 34.8 Å². The molecule has 0 N–H and O–H groups in total. The van der Waals surface area contributed by atoms with Crippen LogP contribution in [0.5, 0.6) is 0 Å². The molecule has 14 heavy (non-hydrogen) atoms. The SMILES string of the molecule is Clc1cc(Cl)c(-n2cccn2)nc1Cl. The molecule has 2 rings (SSSR count). The fourth-order valence-corrected chi connectivity index (χ4v) is 1.57. The molecule has 0 aromatic carbocycles. The summed E-state index contributed by atoms with van der Waals surface area (Å²) in [6.07, 6.45) is 3.35. The summed E-state index contributed by atoms with van der Waals surface area (Å²) in [4.78, 5) is 4.02. The Balaban J connectivity index is 2.60. The lowest BCUT2D eigenvalue weighted by Gasteiger charge is -2.04. The topological polar surface area (TPSA) is 30.7 Å². The highest BCUT2D eigenvalue weighted by atomic mass is 35.5. The first-order valence-corrected chi connectivity index (χ1v) is 4.83. The van der Waals surface area contributed by atoms with Crippen molar-refractivity contribution in [2.75, 3.05) is 0 Å². The fourth-order valence-electron chi connectivity index (χ4n) is 0.990. The molecule has 2 aromatic rings. The summed E-state index contributed by atoms with van der Waals surface area (Å²) < 4.78 is 1.52. The molecule has 0 amide bonds. The monoisotopic (exact) mass is 247 g/mol. The molecule has 0 aliphatic heterocycles. The zero-order valence-electron chi connectivity index (χ0n) is 6.78. The molecule has 2 aromatic heterocycles. The molecular weight excluding hydrogens is 244 g/mol. The van der Waals surface area contributed by atoms with E-state index in [1.165, 1.54) is 10.7 Å². The minimum absolute atomic E-state index is 0.210. The van der Waals surface area contributed by atoms with Gasteiger partial charge in [-0.25, -0.2) is 9.67 Å². The van der Waals surface area contributed by atoms with Gasteiger partial charge in [-0.2, -0.15) is 5.10 Å². The first-order chi connectivity index (χ1) is 6.68. The second kappa shape index (κ2) is 3.77. The predicted molar refractivity (Wildman–Crippen MR) is 56.4 cm³/mol. The number of hydrogen-bond acceptors (Lipinski definition) is 2. The highest BCUT2D eigenvalue weighted by Gasteiger charge is 2.09. The summed E-state index contributed by atoms with van der Waals surface area (Å²) in [5, 5.41) is 4.93. The van der Waals surface area contributed by atoms with Gasteiger partial charge in [0.25, 0.3) is 0 Å². The number of pyridine rings is 1. The molecule has 0 atom stereocenters. The Labute approximate surface area is 95.2 Å². The van der Waals surface area contributed by atoms with Crippen LogP contribution in [0.15, 0.2) is 24.5 Å². The first-order valence-electron chi connectivity index (χ1n) is 3.70. The third-order valence-electron chi connectivity index (χ3n) is 1.59. The van der Waals surface area contributed by atoms with Crippen molar-refractivity contribution in [2.24, 2.45) is 0 Å². The van der Waals surface area contributed by atoms with Gasteiger partial charge >= 0.3 is 0 Å². The molecule has 0 aliphatic rings. The summed E-state index contributed by atoms with van der Waals surface area (Å²) >= 11 is 17.4. The Morgan fingerprint density at radius 2 is 1.93 bits per heavy atom. The molecule has 72 valence electrons. The third-order valence-corrected chi connectivity index (χ3v) is 2.54. The normalized spacial score (nSPS) is 10.5. The van der Waals surface area contributed by atoms with Crippen molar-refractivity contribution in [1.82, 2.24) is 14.8 Å². The maximum atomic E-state index is 5.93. The van der Waals surface area contributed by atoms with Crippen LogP contribution in [-0.4, -0.2) is 14.8 Å². The van der Waals surface area contributed by atoms with Crippen LogP contribution in [0.4, 0.5) is 0 Å². The van der Waals surface area contributed by atoms with Crippen LogP contribution in [0.1, 0.15) is 0 Å². The van der Waals surface area contributed by atoms with Gasteiger partial charge in [-0.1, -0.05) is 34.8 Å². The van der Waals surface area contributed by atoms with Crippen molar-refractivity contribution in [3.8, 4) is 5.82 Å². The molecular formula is C8H4Cl3N3. The molecule has 3 nitrogen and oxygen atoms in total. The quantitative estimate of drug-likeness (QED) is 0.726. The van der Waals surface area contributed by atoms with Crippen LogP contribution in [0, 0.1) is 0 Å². The predicted octanol–water partition coefficient (Wildman–Crippen LogP) is 3.23. The smallest absolute Gasteiger partial charge is 0.173 e. The number of aromatic nitrogens is 3. The maximum absolute atomic E-state index is 5.93. The van der Waals surface area contributed by atoms with Gasteiger partial charge in [0.15, 0.2) is 5.82 Å². The van der Waals surface area contributed by atoms with Gasteiger partial charge in [0, 0.05) is 12.4 Å². The largest absolute Gasteiger partial charge is 0.221 e. The van der Waals surface area contributed by atoms with Crippen LogP contribution in [0.3, 0.4) is 0 Å². The minimum Gasteiger partial charge on any atom is -0.221 e. The van der Waals surface area contributed by atoms with E-state index in [1.807, 2.05) is 0 Å². The van der Waals surface area contributed by atoms with Gasteiger partial charge in [-0.05, 0) is 12.1 Å². The molecule has 0 spiro atoms. The van der Waals surface area contributed by atoms with E-state index in [-0.39, 0.29) is 5.15 Å². The van der Waals surface area contributed by atoms with Crippen LogP contribution < -0.4 is 0 Å². The van der Waals surface area contributed by atoms with E-state index in [0.29, 0.717) is 15.9 Å². The molecule has 0 fully saturated rings. The molecule has 0 unspecified atom stereocenters. The third kappa shape index (κ3) is 1.71. The molecule has 0 aliphatic carbocycles. The van der Waals surface area contributed by atoms with E-state index in [4.69, 9.17) is 34.8 Å². The average Bonchev–Trinajstić information content (AvgIpc) is 2.64. The van der Waals surface area contributed by atoms with Crippen molar-refractivity contribution >= 4 is 34.8 Å². The van der Waals surface area contributed by atoms with E-state index >= 15 is 0 Å². The molecule has 0 saturated carbocycles. The molecule has 0 bridgehead atoms. The number of hydrogen-bond donors (Lipinski definition) is 0. The van der Waals surface area contributed by atoms with Crippen LogP contribution in [0.25, 0.3) is 5.82 Å². The molecule has 6 heteroatoms. The van der Waals surface area contributed by atoms with Crippen molar-refractivity contribution in [3.63, 3.8) is 0 Å². The van der Waals surface area contributed by atoms with E-state index < -0.39 is 0 Å². The Bertz CT molecular complexity index is 453. The standard InChI is InChI=1S/C8H4Cl3N3/c9-5-4-6(10)8(13-7(5)11)14-3-1-2-12-14/h1-4H. The Hall–Kier alpha value is -0.770. The van der Waals surface area contributed by atoms with E-state index in [2.05, 4.69) is 10.1 Å². The molecule has 0 radical (unpaired) electrons. The number of rotatable bonds is 1. The lowest BCUT2D eigenvalue weighted by molar-refractivity contribution is 0.847. The van der Waals surface area contributed by atoms with Gasteiger partial charge < -0.3 is 0 Å². The lowest BCUT2D eigenvalue weighted by Crippen LogP contribution is -1.99. The van der Waals surface area contributed by atoms with Crippen molar-refractivity contribution < 1.29 is 0 Å². The summed E-state index contributed by atoms with van der Waals surface area (Å²) in [5.74, 6) is 0.464. The van der Waals surface area contributed by atoms with Gasteiger partial charge in [0.2, 0.25) is 0 Å². The van der Waals surface area contributed by atoms with Crippen molar-refractivity contribution in [1.29, 1.82) is 0 Å². The molecule has 2 heterocycles. The summed E-state index contributed by atoms with van der Waals surface area (Å²) in [7, 11) is 0. The Morgan fingerprint density at radius 3 is 2.57 bits per heavy atom. The van der Waals surface area contributed by atoms with Gasteiger partial charge in [0.05, 0.1) is 10.0 Å². The number of nitrogens with zero attached hydrogens (tertiary/aromatic N) is 3. The van der Waals surface area contributed by atoms with Gasteiger partial charge in [-0.3, -0.25) is 0 Å². The Morgan fingerprint density at radius 1 is 1.14 bits per heavy atom. The average molecular weight is 249 g/mol. The first kappa shape index (κ1) is 9.77. The molecule has 0 saturated heterocycles. The van der Waals surface area contributed by atoms with Gasteiger partial charge in [0.1, 0.15) is 5.15 Å². The summed E-state index contributed by atoms with van der Waals surface area (Å²) in [6.45, 7) is 0. The maximum Gasteiger partial charge on any atom is 0.173 e. The van der Waals surface area contributed by atoms with E-state index in [1.54, 1.807) is 18.5 Å². The summed E-state index contributed by atoms with van der Waals surface area (Å²) in [6, 6.07) is 3.30. The van der Waals surface area contributed by atoms with E-state index in [0.717, 1.165) is 0 Å². The van der Waals surface area contributed by atoms with Gasteiger partial charge in [-0.15, -0.1) is 0 Å². The zero-order valence-corrected chi connectivity index (χ0v) is 9.05.